The molecule has 126 valence electrons. The molecule has 0 bridgehead atoms. The summed E-state index contributed by atoms with van der Waals surface area (Å²) in [4.78, 5) is 29.6. The van der Waals surface area contributed by atoms with Crippen LogP contribution in [0.3, 0.4) is 0 Å². The van der Waals surface area contributed by atoms with E-state index < -0.39 is 5.91 Å². The molecule has 0 atom stereocenters. The van der Waals surface area contributed by atoms with Gasteiger partial charge in [0.2, 0.25) is 5.13 Å². The Balaban J connectivity index is 1.87. The maximum absolute atomic E-state index is 12.5. The van der Waals surface area contributed by atoms with E-state index in [1.807, 2.05) is 5.38 Å². The van der Waals surface area contributed by atoms with Gasteiger partial charge in [-0.1, -0.05) is 25.2 Å². The van der Waals surface area contributed by atoms with Crippen molar-refractivity contribution in [2.24, 2.45) is 0 Å². The largest absolute Gasteiger partial charge is 0.296 e. The van der Waals surface area contributed by atoms with Crippen LogP contribution in [0.1, 0.15) is 53.7 Å². The van der Waals surface area contributed by atoms with Crippen LogP contribution in [-0.2, 0) is 0 Å². The monoisotopic (exact) mass is 363 g/mol. The molecule has 0 saturated heterocycles. The summed E-state index contributed by atoms with van der Waals surface area (Å²) in [6.07, 6.45) is 3.25. The van der Waals surface area contributed by atoms with Gasteiger partial charge in [-0.15, -0.1) is 21.5 Å². The third-order valence-corrected chi connectivity index (χ3v) is 5.82. The molecule has 3 aromatic heterocycles. The van der Waals surface area contributed by atoms with Crippen LogP contribution in [0.15, 0.2) is 16.4 Å². The molecule has 0 aliphatic rings. The van der Waals surface area contributed by atoms with E-state index in [1.165, 1.54) is 33.3 Å². The molecule has 3 heterocycles. The van der Waals surface area contributed by atoms with Gasteiger partial charge in [-0.05, 0) is 19.8 Å². The van der Waals surface area contributed by atoms with Gasteiger partial charge in [0.1, 0.15) is 10.6 Å². The van der Waals surface area contributed by atoms with Crippen molar-refractivity contribution in [2.75, 3.05) is 5.32 Å². The lowest BCUT2D eigenvalue weighted by molar-refractivity contribution is 0.102. The number of aryl methyl sites for hydroxylation is 1. The SMILES string of the molecule is CCC(CC)c1nnc(NC(=O)c2cnc3scc(C)n3c2=O)s1. The molecule has 0 saturated carbocycles. The second kappa shape index (κ2) is 6.78. The normalized spacial score (nSPS) is 11.3. The number of amides is 1. The van der Waals surface area contributed by atoms with Crippen molar-refractivity contribution in [3.8, 4) is 0 Å². The number of hydrogen-bond acceptors (Lipinski definition) is 7. The molecule has 0 spiro atoms. The van der Waals surface area contributed by atoms with E-state index in [4.69, 9.17) is 0 Å². The Morgan fingerprint density at radius 1 is 1.33 bits per heavy atom. The second-order valence-electron chi connectivity index (χ2n) is 5.39. The summed E-state index contributed by atoms with van der Waals surface area (Å²) in [6, 6.07) is 0. The lowest BCUT2D eigenvalue weighted by atomic mass is 10.1. The quantitative estimate of drug-likeness (QED) is 0.752. The lowest BCUT2D eigenvalue weighted by Crippen LogP contribution is -2.26. The van der Waals surface area contributed by atoms with Gasteiger partial charge >= 0.3 is 0 Å². The molecule has 0 radical (unpaired) electrons. The van der Waals surface area contributed by atoms with Crippen molar-refractivity contribution in [2.45, 2.75) is 39.5 Å². The molecule has 0 aliphatic heterocycles. The average Bonchev–Trinajstić information content (AvgIpc) is 3.16. The molecule has 24 heavy (non-hydrogen) atoms. The van der Waals surface area contributed by atoms with Crippen molar-refractivity contribution in [3.05, 3.63) is 38.2 Å². The van der Waals surface area contributed by atoms with Gasteiger partial charge in [-0.3, -0.25) is 19.3 Å². The predicted octanol–water partition coefficient (Wildman–Crippen LogP) is 3.07. The van der Waals surface area contributed by atoms with Crippen molar-refractivity contribution in [1.29, 1.82) is 0 Å². The number of nitrogens with one attached hydrogen (secondary N) is 1. The van der Waals surface area contributed by atoms with E-state index in [0.717, 1.165) is 23.5 Å². The number of carbonyl (C=O) groups excluding carboxylic acids is 1. The van der Waals surface area contributed by atoms with Gasteiger partial charge in [0.25, 0.3) is 11.5 Å². The fourth-order valence-electron chi connectivity index (χ4n) is 2.43. The van der Waals surface area contributed by atoms with Gasteiger partial charge in [0, 0.05) is 23.2 Å². The molecule has 1 amide bonds. The molecule has 7 nitrogen and oxygen atoms in total. The zero-order chi connectivity index (χ0) is 17.3. The first-order valence-corrected chi connectivity index (χ1v) is 9.35. The van der Waals surface area contributed by atoms with Gasteiger partial charge in [-0.2, -0.15) is 0 Å². The first kappa shape index (κ1) is 16.7. The van der Waals surface area contributed by atoms with Crippen molar-refractivity contribution < 1.29 is 4.79 Å². The first-order valence-electron chi connectivity index (χ1n) is 7.65. The van der Waals surface area contributed by atoms with E-state index in [1.54, 1.807) is 6.92 Å². The maximum Gasteiger partial charge on any atom is 0.271 e. The molecule has 3 rings (SSSR count). The van der Waals surface area contributed by atoms with E-state index in [0.29, 0.717) is 16.0 Å². The second-order valence-corrected chi connectivity index (χ2v) is 7.23. The zero-order valence-electron chi connectivity index (χ0n) is 13.6. The summed E-state index contributed by atoms with van der Waals surface area (Å²) in [7, 11) is 0. The minimum atomic E-state index is -0.514. The van der Waals surface area contributed by atoms with Crippen LogP contribution in [0, 0.1) is 6.92 Å². The number of anilines is 1. The third-order valence-electron chi connectivity index (χ3n) is 3.86. The number of fused-ring (bicyclic) bond motifs is 1. The van der Waals surface area contributed by atoms with Crippen LogP contribution in [0.2, 0.25) is 0 Å². The first-order chi connectivity index (χ1) is 11.5. The van der Waals surface area contributed by atoms with Gasteiger partial charge in [0.05, 0.1) is 0 Å². The number of thiazole rings is 1. The van der Waals surface area contributed by atoms with Crippen molar-refractivity contribution in [1.82, 2.24) is 19.6 Å². The highest BCUT2D eigenvalue weighted by Crippen LogP contribution is 2.28. The Labute approximate surface area is 146 Å². The molecule has 0 aliphatic carbocycles. The molecule has 0 aromatic carbocycles. The summed E-state index contributed by atoms with van der Waals surface area (Å²) in [6.45, 7) is 6.00. The Morgan fingerprint density at radius 3 is 2.79 bits per heavy atom. The number of rotatable bonds is 5. The molecular formula is C15H17N5O2S2. The maximum atomic E-state index is 12.5. The fourth-order valence-corrected chi connectivity index (χ4v) is 4.27. The van der Waals surface area contributed by atoms with Gasteiger partial charge in [-0.25, -0.2) is 4.98 Å². The molecule has 3 aromatic rings. The topological polar surface area (TPSA) is 89.2 Å². The van der Waals surface area contributed by atoms with E-state index in [9.17, 15) is 9.59 Å². The van der Waals surface area contributed by atoms with Gasteiger partial charge < -0.3 is 0 Å². The fraction of sp³-hybridized carbons (Fsp3) is 0.400. The van der Waals surface area contributed by atoms with Crippen LogP contribution < -0.4 is 10.9 Å². The summed E-state index contributed by atoms with van der Waals surface area (Å²) in [5.41, 5.74) is 0.378. The molecule has 0 fully saturated rings. The smallest absolute Gasteiger partial charge is 0.271 e. The van der Waals surface area contributed by atoms with Crippen LogP contribution in [0.4, 0.5) is 5.13 Å². The van der Waals surface area contributed by atoms with Crippen molar-refractivity contribution in [3.63, 3.8) is 0 Å². The average molecular weight is 363 g/mol. The highest BCUT2D eigenvalue weighted by molar-refractivity contribution is 7.15. The predicted molar refractivity (Wildman–Crippen MR) is 95.3 cm³/mol. The van der Waals surface area contributed by atoms with Crippen molar-refractivity contribution >= 4 is 38.7 Å². The Kier molecular flexibility index (Phi) is 4.72. The zero-order valence-corrected chi connectivity index (χ0v) is 15.2. The summed E-state index contributed by atoms with van der Waals surface area (Å²) < 4.78 is 1.44. The minimum Gasteiger partial charge on any atom is -0.296 e. The van der Waals surface area contributed by atoms with Crippen LogP contribution >= 0.6 is 22.7 Å². The van der Waals surface area contributed by atoms with E-state index in [-0.39, 0.29) is 11.1 Å². The highest BCUT2D eigenvalue weighted by Gasteiger charge is 2.18. The van der Waals surface area contributed by atoms with Crippen LogP contribution in [-0.4, -0.2) is 25.5 Å². The molecule has 1 N–H and O–H groups in total. The molecular weight excluding hydrogens is 346 g/mol. The van der Waals surface area contributed by atoms with Gasteiger partial charge in [0.15, 0.2) is 4.96 Å². The molecule has 0 unspecified atom stereocenters. The number of carbonyl (C=O) groups is 1. The Hall–Kier alpha value is -2.13. The standard InChI is InChI=1S/C15H17N5O2S2/c1-4-9(5-2)12-18-19-14(24-12)17-11(21)10-6-16-15-20(13(10)22)8(3)7-23-15/h6-7,9H,4-5H2,1-3H3,(H,17,19,21). The van der Waals surface area contributed by atoms with E-state index >= 15 is 0 Å². The number of aromatic nitrogens is 4. The summed E-state index contributed by atoms with van der Waals surface area (Å²) in [5.74, 6) is -0.176. The van der Waals surface area contributed by atoms with Crippen LogP contribution in [0.5, 0.6) is 0 Å². The molecule has 9 heteroatoms. The number of hydrogen-bond donors (Lipinski definition) is 1. The van der Waals surface area contributed by atoms with E-state index in [2.05, 4.69) is 34.3 Å². The Morgan fingerprint density at radius 2 is 2.08 bits per heavy atom. The summed E-state index contributed by atoms with van der Waals surface area (Å²) in [5, 5.41) is 13.9. The van der Waals surface area contributed by atoms with Crippen LogP contribution in [0.25, 0.3) is 4.96 Å². The lowest BCUT2D eigenvalue weighted by Gasteiger charge is -2.05. The highest BCUT2D eigenvalue weighted by atomic mass is 32.1. The minimum absolute atomic E-state index is 0.00622. The third kappa shape index (κ3) is 2.96. The Bertz CT molecular complexity index is 939. The summed E-state index contributed by atoms with van der Waals surface area (Å²) >= 11 is 2.71. The number of nitrogens with zero attached hydrogens (tertiary/aromatic N) is 4.